The summed E-state index contributed by atoms with van der Waals surface area (Å²) < 4.78 is 10.5. The van der Waals surface area contributed by atoms with E-state index in [1.807, 2.05) is 6.92 Å². The van der Waals surface area contributed by atoms with Crippen LogP contribution in [0.3, 0.4) is 0 Å². The zero-order valence-electron chi connectivity index (χ0n) is 10.9. The van der Waals surface area contributed by atoms with Crippen LogP contribution in [0, 0.1) is 5.92 Å². The van der Waals surface area contributed by atoms with Crippen LogP contribution in [0.1, 0.15) is 26.2 Å². The fourth-order valence-electron chi connectivity index (χ4n) is 1.49. The minimum atomic E-state index is 0.190. The average molecular weight is 243 g/mol. The highest BCUT2D eigenvalue weighted by Crippen LogP contribution is 2.28. The number of hydrogen-bond donors (Lipinski definition) is 2. The predicted molar refractivity (Wildman–Crippen MR) is 69.1 cm³/mol. The van der Waals surface area contributed by atoms with E-state index in [1.54, 1.807) is 7.11 Å². The summed E-state index contributed by atoms with van der Waals surface area (Å²) in [6, 6.07) is 0.190. The van der Waals surface area contributed by atoms with Crippen LogP contribution >= 0.6 is 0 Å². The summed E-state index contributed by atoms with van der Waals surface area (Å²) in [6.45, 7) is 5.04. The van der Waals surface area contributed by atoms with Crippen molar-refractivity contribution in [2.24, 2.45) is 16.6 Å². The first-order valence-corrected chi connectivity index (χ1v) is 6.35. The van der Waals surface area contributed by atoms with Crippen LogP contribution < -0.4 is 11.1 Å². The number of nitrogens with two attached hydrogens (primary N) is 1. The standard InChI is InChI=1S/C12H25N3O2/c1-10(8-16-2)15-12(13)14-6-3-7-17-9-11-4-5-11/h10-11H,3-9H2,1-2H3,(H3,13,14,15). The van der Waals surface area contributed by atoms with Crippen LogP contribution in [-0.2, 0) is 9.47 Å². The van der Waals surface area contributed by atoms with Gasteiger partial charge in [0, 0.05) is 32.9 Å². The minimum absolute atomic E-state index is 0.190. The van der Waals surface area contributed by atoms with Gasteiger partial charge in [-0.05, 0) is 32.1 Å². The Morgan fingerprint density at radius 2 is 2.29 bits per heavy atom. The molecule has 0 radical (unpaired) electrons. The highest BCUT2D eigenvalue weighted by atomic mass is 16.5. The number of nitrogens with zero attached hydrogens (tertiary/aromatic N) is 1. The van der Waals surface area contributed by atoms with Gasteiger partial charge in [0.1, 0.15) is 0 Å². The molecule has 1 atom stereocenters. The van der Waals surface area contributed by atoms with E-state index in [2.05, 4.69) is 10.3 Å². The number of nitrogens with one attached hydrogen (secondary N) is 1. The summed E-state index contributed by atoms with van der Waals surface area (Å²) in [4.78, 5) is 4.23. The first-order chi connectivity index (χ1) is 8.22. The van der Waals surface area contributed by atoms with E-state index in [-0.39, 0.29) is 6.04 Å². The Morgan fingerprint density at radius 3 is 2.94 bits per heavy atom. The minimum Gasteiger partial charge on any atom is -0.383 e. The normalized spacial score (nSPS) is 18.1. The van der Waals surface area contributed by atoms with E-state index in [0.717, 1.165) is 25.6 Å². The van der Waals surface area contributed by atoms with Gasteiger partial charge in [-0.15, -0.1) is 0 Å². The molecule has 1 unspecified atom stereocenters. The van der Waals surface area contributed by atoms with Gasteiger partial charge in [0.05, 0.1) is 6.61 Å². The quantitative estimate of drug-likeness (QED) is 0.356. The van der Waals surface area contributed by atoms with Crippen molar-refractivity contribution in [3.8, 4) is 0 Å². The van der Waals surface area contributed by atoms with Gasteiger partial charge in [-0.2, -0.15) is 0 Å². The molecule has 1 aliphatic rings. The molecule has 0 amide bonds. The summed E-state index contributed by atoms with van der Waals surface area (Å²) in [7, 11) is 1.67. The number of methoxy groups -OCH3 is 1. The molecule has 0 aliphatic heterocycles. The molecule has 1 aliphatic carbocycles. The van der Waals surface area contributed by atoms with Crippen molar-refractivity contribution in [2.45, 2.75) is 32.2 Å². The van der Waals surface area contributed by atoms with Gasteiger partial charge in [0.2, 0.25) is 0 Å². The molecule has 0 saturated heterocycles. The third-order valence-electron chi connectivity index (χ3n) is 2.59. The molecule has 17 heavy (non-hydrogen) atoms. The number of rotatable bonds is 9. The van der Waals surface area contributed by atoms with Gasteiger partial charge in [-0.25, -0.2) is 0 Å². The number of hydrogen-bond acceptors (Lipinski definition) is 3. The molecule has 0 aromatic heterocycles. The summed E-state index contributed by atoms with van der Waals surface area (Å²) in [5, 5.41) is 3.06. The SMILES string of the molecule is COCC(C)NC(N)=NCCCOCC1CC1. The average Bonchev–Trinajstić information content (AvgIpc) is 3.07. The van der Waals surface area contributed by atoms with Crippen LogP contribution in [0.25, 0.3) is 0 Å². The second-order valence-electron chi connectivity index (χ2n) is 4.64. The van der Waals surface area contributed by atoms with E-state index in [9.17, 15) is 0 Å². The smallest absolute Gasteiger partial charge is 0.188 e. The van der Waals surface area contributed by atoms with Crippen molar-refractivity contribution in [3.05, 3.63) is 0 Å². The molecular formula is C12H25N3O2. The Bertz CT molecular complexity index is 230. The molecular weight excluding hydrogens is 218 g/mol. The Morgan fingerprint density at radius 1 is 1.53 bits per heavy atom. The molecule has 0 heterocycles. The molecule has 100 valence electrons. The van der Waals surface area contributed by atoms with E-state index in [4.69, 9.17) is 15.2 Å². The fraction of sp³-hybridized carbons (Fsp3) is 0.917. The van der Waals surface area contributed by atoms with Crippen molar-refractivity contribution >= 4 is 5.96 Å². The van der Waals surface area contributed by atoms with Gasteiger partial charge in [-0.3, -0.25) is 4.99 Å². The summed E-state index contributed by atoms with van der Waals surface area (Å²) in [5.74, 6) is 1.32. The first kappa shape index (κ1) is 14.3. The third-order valence-corrected chi connectivity index (χ3v) is 2.59. The molecule has 0 spiro atoms. The van der Waals surface area contributed by atoms with Gasteiger partial charge in [-0.1, -0.05) is 0 Å². The number of aliphatic imine (C=N–C) groups is 1. The molecule has 1 rings (SSSR count). The molecule has 0 aromatic rings. The van der Waals surface area contributed by atoms with Gasteiger partial charge in [0.15, 0.2) is 5.96 Å². The molecule has 3 N–H and O–H groups in total. The lowest BCUT2D eigenvalue weighted by atomic mass is 10.4. The molecule has 1 fully saturated rings. The highest BCUT2D eigenvalue weighted by Gasteiger charge is 2.20. The van der Waals surface area contributed by atoms with E-state index < -0.39 is 0 Å². The van der Waals surface area contributed by atoms with Crippen LogP contribution in [0.2, 0.25) is 0 Å². The maximum absolute atomic E-state index is 5.72. The zero-order chi connectivity index (χ0) is 12.5. The zero-order valence-corrected chi connectivity index (χ0v) is 10.9. The monoisotopic (exact) mass is 243 g/mol. The predicted octanol–water partition coefficient (Wildman–Crippen LogP) is 0.742. The largest absolute Gasteiger partial charge is 0.383 e. The number of ether oxygens (including phenoxy) is 2. The van der Waals surface area contributed by atoms with Crippen molar-refractivity contribution in [1.29, 1.82) is 0 Å². The lowest BCUT2D eigenvalue weighted by Gasteiger charge is -2.12. The topological polar surface area (TPSA) is 68.9 Å². The van der Waals surface area contributed by atoms with Crippen LogP contribution in [-0.4, -0.2) is 45.5 Å². The van der Waals surface area contributed by atoms with E-state index >= 15 is 0 Å². The maximum atomic E-state index is 5.72. The van der Waals surface area contributed by atoms with Crippen molar-refractivity contribution in [1.82, 2.24) is 5.32 Å². The lowest BCUT2D eigenvalue weighted by molar-refractivity contribution is 0.123. The second-order valence-corrected chi connectivity index (χ2v) is 4.64. The Balaban J connectivity index is 1.93. The van der Waals surface area contributed by atoms with Gasteiger partial charge >= 0.3 is 0 Å². The fourth-order valence-corrected chi connectivity index (χ4v) is 1.49. The van der Waals surface area contributed by atoms with E-state index in [0.29, 0.717) is 19.1 Å². The number of guanidine groups is 1. The third kappa shape index (κ3) is 7.99. The molecule has 5 nitrogen and oxygen atoms in total. The summed E-state index contributed by atoms with van der Waals surface area (Å²) in [5.41, 5.74) is 5.72. The molecule has 5 heteroatoms. The maximum Gasteiger partial charge on any atom is 0.188 e. The Labute approximate surface area is 104 Å². The van der Waals surface area contributed by atoms with Crippen molar-refractivity contribution < 1.29 is 9.47 Å². The van der Waals surface area contributed by atoms with Crippen LogP contribution in [0.4, 0.5) is 0 Å². The van der Waals surface area contributed by atoms with Crippen LogP contribution in [0.15, 0.2) is 4.99 Å². The first-order valence-electron chi connectivity index (χ1n) is 6.35. The van der Waals surface area contributed by atoms with Crippen molar-refractivity contribution in [2.75, 3.05) is 33.5 Å². The Hall–Kier alpha value is -0.810. The lowest BCUT2D eigenvalue weighted by Crippen LogP contribution is -2.40. The summed E-state index contributed by atoms with van der Waals surface area (Å²) >= 11 is 0. The second kappa shape index (κ2) is 8.31. The summed E-state index contributed by atoms with van der Waals surface area (Å²) in [6.07, 6.45) is 3.60. The highest BCUT2D eigenvalue weighted by molar-refractivity contribution is 5.78. The van der Waals surface area contributed by atoms with E-state index in [1.165, 1.54) is 12.8 Å². The molecule has 0 aromatic carbocycles. The Kier molecular flexibility index (Phi) is 6.96. The molecule has 0 bridgehead atoms. The van der Waals surface area contributed by atoms with Gasteiger partial charge in [0.25, 0.3) is 0 Å². The van der Waals surface area contributed by atoms with Crippen molar-refractivity contribution in [3.63, 3.8) is 0 Å². The van der Waals surface area contributed by atoms with Crippen LogP contribution in [0.5, 0.6) is 0 Å². The van der Waals surface area contributed by atoms with Gasteiger partial charge < -0.3 is 20.5 Å². The molecule has 1 saturated carbocycles.